The van der Waals surface area contributed by atoms with E-state index in [1.54, 1.807) is 18.2 Å². The lowest BCUT2D eigenvalue weighted by Gasteiger charge is -2.29. The molecular formula is C15H12FNO3S. The van der Waals surface area contributed by atoms with E-state index < -0.39 is 21.6 Å². The molecule has 0 bridgehead atoms. The van der Waals surface area contributed by atoms with Gasteiger partial charge in [-0.25, -0.2) is 12.8 Å². The Morgan fingerprint density at radius 2 is 1.86 bits per heavy atom. The second-order valence-corrected chi connectivity index (χ2v) is 6.83. The summed E-state index contributed by atoms with van der Waals surface area (Å²) in [6.45, 7) is 0.0642. The molecule has 0 atom stereocenters. The Kier molecular flexibility index (Phi) is 3.25. The van der Waals surface area contributed by atoms with Crippen LogP contribution in [0.1, 0.15) is 10.4 Å². The quantitative estimate of drug-likeness (QED) is 0.812. The highest BCUT2D eigenvalue weighted by atomic mass is 32.2. The Labute approximate surface area is 121 Å². The van der Waals surface area contributed by atoms with Crippen LogP contribution < -0.4 is 4.90 Å². The maximum atomic E-state index is 13.2. The third-order valence-corrected chi connectivity index (χ3v) is 5.13. The van der Waals surface area contributed by atoms with E-state index in [1.165, 1.54) is 29.2 Å². The van der Waals surface area contributed by atoms with Crippen molar-refractivity contribution in [3.63, 3.8) is 0 Å². The first-order valence-electron chi connectivity index (χ1n) is 6.38. The third kappa shape index (κ3) is 2.42. The molecule has 2 aromatic rings. The average Bonchev–Trinajstić information content (AvgIpc) is 2.47. The van der Waals surface area contributed by atoms with Crippen molar-refractivity contribution in [2.24, 2.45) is 0 Å². The molecule has 1 aliphatic heterocycles. The van der Waals surface area contributed by atoms with E-state index in [-0.39, 0.29) is 22.8 Å². The topological polar surface area (TPSA) is 54.5 Å². The Morgan fingerprint density at radius 1 is 1.10 bits per heavy atom. The highest BCUT2D eigenvalue weighted by Crippen LogP contribution is 2.31. The number of hydrogen-bond acceptors (Lipinski definition) is 3. The van der Waals surface area contributed by atoms with Crippen LogP contribution >= 0.6 is 0 Å². The first-order chi connectivity index (χ1) is 9.99. The Bertz CT molecular complexity index is 817. The first-order valence-corrected chi connectivity index (χ1v) is 8.03. The summed E-state index contributed by atoms with van der Waals surface area (Å²) >= 11 is 0. The number of benzene rings is 2. The smallest absolute Gasteiger partial charge is 0.258 e. The molecule has 1 aliphatic rings. The number of carbonyl (C=O) groups excluding carboxylic acids is 1. The van der Waals surface area contributed by atoms with Gasteiger partial charge in [-0.1, -0.05) is 18.2 Å². The molecule has 0 N–H and O–H groups in total. The molecule has 2 aromatic carbocycles. The van der Waals surface area contributed by atoms with Crippen molar-refractivity contribution in [3.8, 4) is 0 Å². The molecule has 0 radical (unpaired) electrons. The lowest BCUT2D eigenvalue weighted by Crippen LogP contribution is -2.39. The van der Waals surface area contributed by atoms with Crippen LogP contribution in [0.5, 0.6) is 0 Å². The van der Waals surface area contributed by atoms with Gasteiger partial charge in [0.2, 0.25) is 0 Å². The largest absolute Gasteiger partial charge is 0.306 e. The minimum atomic E-state index is -3.37. The molecule has 3 rings (SSSR count). The van der Waals surface area contributed by atoms with Crippen molar-refractivity contribution in [1.82, 2.24) is 0 Å². The van der Waals surface area contributed by atoms with E-state index in [1.807, 2.05) is 0 Å². The molecule has 0 aromatic heterocycles. The SMILES string of the molecule is O=C(c1cccc(F)c1)N1CCS(=O)(=O)c2ccccc21. The van der Waals surface area contributed by atoms with E-state index in [4.69, 9.17) is 0 Å². The third-order valence-electron chi connectivity index (χ3n) is 3.39. The fraction of sp³-hybridized carbons (Fsp3) is 0.133. The Balaban J connectivity index is 2.07. The van der Waals surface area contributed by atoms with Gasteiger partial charge < -0.3 is 4.90 Å². The number of para-hydroxylation sites is 1. The predicted octanol–water partition coefficient (Wildman–Crippen LogP) is 2.26. The standard InChI is InChI=1S/C15H12FNO3S/c16-12-5-3-4-11(10-12)15(18)17-8-9-21(19,20)14-7-2-1-6-13(14)17/h1-7,10H,8-9H2. The Morgan fingerprint density at radius 3 is 2.62 bits per heavy atom. The van der Waals surface area contributed by atoms with E-state index >= 15 is 0 Å². The van der Waals surface area contributed by atoms with Gasteiger partial charge in [-0.2, -0.15) is 0 Å². The van der Waals surface area contributed by atoms with Crippen LogP contribution in [-0.4, -0.2) is 26.6 Å². The first kappa shape index (κ1) is 13.8. The normalized spacial score (nSPS) is 16.3. The molecule has 6 heteroatoms. The molecule has 0 saturated heterocycles. The fourth-order valence-corrected chi connectivity index (χ4v) is 3.80. The molecule has 4 nitrogen and oxygen atoms in total. The summed E-state index contributed by atoms with van der Waals surface area (Å²) in [5.41, 5.74) is 0.544. The van der Waals surface area contributed by atoms with Gasteiger partial charge in [0.1, 0.15) is 5.82 Å². The number of amides is 1. The second-order valence-electron chi connectivity index (χ2n) is 4.75. The summed E-state index contributed by atoms with van der Waals surface area (Å²) in [5, 5.41) is 0. The molecule has 21 heavy (non-hydrogen) atoms. The van der Waals surface area contributed by atoms with Gasteiger partial charge in [-0.15, -0.1) is 0 Å². The minimum absolute atomic E-state index is 0.0642. The highest BCUT2D eigenvalue weighted by molar-refractivity contribution is 7.91. The molecule has 108 valence electrons. The summed E-state index contributed by atoms with van der Waals surface area (Å²) in [6.07, 6.45) is 0. The van der Waals surface area contributed by atoms with E-state index in [0.29, 0.717) is 5.69 Å². The fourth-order valence-electron chi connectivity index (χ4n) is 2.37. The molecule has 0 saturated carbocycles. The average molecular weight is 305 g/mol. The van der Waals surface area contributed by atoms with Crippen LogP contribution in [0.2, 0.25) is 0 Å². The van der Waals surface area contributed by atoms with Crippen molar-refractivity contribution < 1.29 is 17.6 Å². The number of hydrogen-bond donors (Lipinski definition) is 0. The minimum Gasteiger partial charge on any atom is -0.306 e. The summed E-state index contributed by atoms with van der Waals surface area (Å²) < 4.78 is 37.3. The van der Waals surface area contributed by atoms with Crippen LogP contribution in [0.4, 0.5) is 10.1 Å². The van der Waals surface area contributed by atoms with E-state index in [2.05, 4.69) is 0 Å². The molecule has 1 amide bonds. The molecule has 1 heterocycles. The number of sulfone groups is 1. The van der Waals surface area contributed by atoms with Gasteiger partial charge in [0.15, 0.2) is 9.84 Å². The van der Waals surface area contributed by atoms with Gasteiger partial charge in [0.05, 0.1) is 16.3 Å². The highest BCUT2D eigenvalue weighted by Gasteiger charge is 2.31. The molecular weight excluding hydrogens is 293 g/mol. The zero-order valence-electron chi connectivity index (χ0n) is 11.0. The van der Waals surface area contributed by atoms with Gasteiger partial charge in [-0.05, 0) is 30.3 Å². The van der Waals surface area contributed by atoms with Gasteiger partial charge in [-0.3, -0.25) is 4.79 Å². The van der Waals surface area contributed by atoms with Crippen LogP contribution in [0.15, 0.2) is 53.4 Å². The zero-order chi connectivity index (χ0) is 15.0. The summed E-state index contributed by atoms with van der Waals surface area (Å²) in [6, 6.07) is 11.7. The molecule has 0 aliphatic carbocycles. The lowest BCUT2D eigenvalue weighted by molar-refractivity contribution is 0.0987. The monoisotopic (exact) mass is 305 g/mol. The molecule has 0 fully saturated rings. The molecule has 0 spiro atoms. The lowest BCUT2D eigenvalue weighted by atomic mass is 10.1. The number of fused-ring (bicyclic) bond motifs is 1. The van der Waals surface area contributed by atoms with Crippen LogP contribution in [0.25, 0.3) is 0 Å². The maximum Gasteiger partial charge on any atom is 0.258 e. The van der Waals surface area contributed by atoms with Gasteiger partial charge in [0.25, 0.3) is 5.91 Å². The zero-order valence-corrected chi connectivity index (χ0v) is 11.8. The molecule has 0 unspecified atom stereocenters. The van der Waals surface area contributed by atoms with Crippen LogP contribution in [0, 0.1) is 5.82 Å². The van der Waals surface area contributed by atoms with Crippen molar-refractivity contribution in [1.29, 1.82) is 0 Å². The number of carbonyl (C=O) groups is 1. The predicted molar refractivity (Wildman–Crippen MR) is 76.6 cm³/mol. The van der Waals surface area contributed by atoms with Crippen molar-refractivity contribution in [2.75, 3.05) is 17.2 Å². The van der Waals surface area contributed by atoms with Crippen LogP contribution in [0.3, 0.4) is 0 Å². The summed E-state index contributed by atoms with van der Waals surface area (Å²) in [5.74, 6) is -1.04. The number of nitrogens with zero attached hydrogens (tertiary/aromatic N) is 1. The summed E-state index contributed by atoms with van der Waals surface area (Å²) in [4.78, 5) is 14.0. The number of anilines is 1. The van der Waals surface area contributed by atoms with Crippen molar-refractivity contribution >= 4 is 21.4 Å². The summed E-state index contributed by atoms with van der Waals surface area (Å²) in [7, 11) is -3.37. The number of halogens is 1. The van der Waals surface area contributed by atoms with Gasteiger partial charge in [0, 0.05) is 12.1 Å². The van der Waals surface area contributed by atoms with E-state index in [9.17, 15) is 17.6 Å². The number of rotatable bonds is 1. The second kappa shape index (κ2) is 4.96. The van der Waals surface area contributed by atoms with Crippen LogP contribution in [-0.2, 0) is 9.84 Å². The van der Waals surface area contributed by atoms with Crippen molar-refractivity contribution in [2.45, 2.75) is 4.90 Å². The Hall–Kier alpha value is -2.21. The van der Waals surface area contributed by atoms with Gasteiger partial charge >= 0.3 is 0 Å². The van der Waals surface area contributed by atoms with Crippen molar-refractivity contribution in [3.05, 3.63) is 59.9 Å². The maximum absolute atomic E-state index is 13.2. The van der Waals surface area contributed by atoms with E-state index in [0.717, 1.165) is 6.07 Å².